The molecule has 2 rings (SSSR count). The van der Waals surface area contributed by atoms with Crippen LogP contribution in [0.15, 0.2) is 12.3 Å². The number of nitrogen functional groups attached to an aromatic ring is 1. The maximum Gasteiger partial charge on any atom is 0.144 e. The summed E-state index contributed by atoms with van der Waals surface area (Å²) in [5.74, 6) is 0.417. The number of aliphatic hydroxyl groups is 1. The number of hydrogen-bond donors (Lipinski definition) is 3. The van der Waals surface area contributed by atoms with Gasteiger partial charge < -0.3 is 21.5 Å². The van der Waals surface area contributed by atoms with Gasteiger partial charge in [0.15, 0.2) is 0 Å². The molecule has 6 heteroatoms. The van der Waals surface area contributed by atoms with E-state index in [1.54, 1.807) is 6.20 Å². The molecule has 0 amide bonds. The van der Waals surface area contributed by atoms with Crippen LogP contribution in [0.2, 0.25) is 5.02 Å². The Bertz CT molecular complexity index is 402. The van der Waals surface area contributed by atoms with E-state index in [1.807, 2.05) is 17.9 Å². The van der Waals surface area contributed by atoms with Crippen molar-refractivity contribution in [2.24, 2.45) is 11.7 Å². The van der Waals surface area contributed by atoms with Crippen molar-refractivity contribution in [3.63, 3.8) is 0 Å². The fourth-order valence-electron chi connectivity index (χ4n) is 2.20. The summed E-state index contributed by atoms with van der Waals surface area (Å²) >= 11 is 6.13. The SMILES string of the molecule is CC1CN(c2ccnc(N)c2Cl)CC(N)C1O. The molecule has 3 atom stereocenters. The largest absolute Gasteiger partial charge is 0.391 e. The predicted octanol–water partition coefficient (Wildman–Crippen LogP) is 0.461. The summed E-state index contributed by atoms with van der Waals surface area (Å²) in [7, 11) is 0. The number of halogens is 1. The van der Waals surface area contributed by atoms with Crippen LogP contribution in [0.5, 0.6) is 0 Å². The van der Waals surface area contributed by atoms with Crippen molar-refractivity contribution in [1.82, 2.24) is 4.98 Å². The highest BCUT2D eigenvalue weighted by atomic mass is 35.5. The Morgan fingerprint density at radius 1 is 1.53 bits per heavy atom. The van der Waals surface area contributed by atoms with Crippen LogP contribution < -0.4 is 16.4 Å². The second kappa shape index (κ2) is 4.68. The number of aromatic nitrogens is 1. The summed E-state index contributed by atoms with van der Waals surface area (Å²) < 4.78 is 0. The number of nitrogens with zero attached hydrogens (tertiary/aromatic N) is 2. The molecule has 2 heterocycles. The third-order valence-electron chi connectivity index (χ3n) is 3.20. The summed E-state index contributed by atoms with van der Waals surface area (Å²) in [6.07, 6.45) is 1.15. The van der Waals surface area contributed by atoms with E-state index < -0.39 is 6.10 Å². The van der Waals surface area contributed by atoms with Crippen LogP contribution in [0, 0.1) is 5.92 Å². The van der Waals surface area contributed by atoms with Gasteiger partial charge in [-0.3, -0.25) is 0 Å². The maximum absolute atomic E-state index is 9.81. The van der Waals surface area contributed by atoms with Gasteiger partial charge in [0.25, 0.3) is 0 Å². The Kier molecular flexibility index (Phi) is 3.42. The van der Waals surface area contributed by atoms with Gasteiger partial charge in [-0.1, -0.05) is 18.5 Å². The molecule has 1 aromatic heterocycles. The second-order valence-electron chi connectivity index (χ2n) is 4.57. The third-order valence-corrected chi connectivity index (χ3v) is 3.58. The average molecular weight is 257 g/mol. The van der Waals surface area contributed by atoms with E-state index in [4.69, 9.17) is 23.1 Å². The minimum Gasteiger partial charge on any atom is -0.391 e. The fourth-order valence-corrected chi connectivity index (χ4v) is 2.44. The van der Waals surface area contributed by atoms with Crippen LogP contribution in [0.4, 0.5) is 11.5 Å². The van der Waals surface area contributed by atoms with Gasteiger partial charge >= 0.3 is 0 Å². The van der Waals surface area contributed by atoms with Gasteiger partial charge in [0.2, 0.25) is 0 Å². The van der Waals surface area contributed by atoms with Gasteiger partial charge in [-0.2, -0.15) is 0 Å². The van der Waals surface area contributed by atoms with Gasteiger partial charge in [0.05, 0.1) is 11.8 Å². The summed E-state index contributed by atoms with van der Waals surface area (Å²) in [6, 6.07) is 1.54. The molecular weight excluding hydrogens is 240 g/mol. The zero-order chi connectivity index (χ0) is 12.6. The van der Waals surface area contributed by atoms with Crippen LogP contribution >= 0.6 is 11.6 Å². The van der Waals surface area contributed by atoms with E-state index in [0.29, 0.717) is 23.9 Å². The van der Waals surface area contributed by atoms with Gasteiger partial charge in [-0.05, 0) is 6.07 Å². The zero-order valence-electron chi connectivity index (χ0n) is 9.68. The molecule has 0 spiro atoms. The van der Waals surface area contributed by atoms with Gasteiger partial charge in [-0.15, -0.1) is 0 Å². The number of nitrogens with two attached hydrogens (primary N) is 2. The van der Waals surface area contributed by atoms with Crippen LogP contribution in [0.1, 0.15) is 6.92 Å². The number of rotatable bonds is 1. The molecule has 94 valence electrons. The van der Waals surface area contributed by atoms with E-state index in [1.165, 1.54) is 0 Å². The van der Waals surface area contributed by atoms with Crippen LogP contribution in [0.3, 0.4) is 0 Å². The molecule has 3 unspecified atom stereocenters. The van der Waals surface area contributed by atoms with Crippen LogP contribution in [0.25, 0.3) is 0 Å². The molecule has 1 saturated heterocycles. The minimum atomic E-state index is -0.468. The molecular formula is C11H17ClN4O. The smallest absolute Gasteiger partial charge is 0.144 e. The van der Waals surface area contributed by atoms with Crippen molar-refractivity contribution >= 4 is 23.1 Å². The standard InChI is InChI=1S/C11H17ClN4O/c1-6-4-16(5-7(13)10(6)17)8-2-3-15-11(14)9(8)12/h2-3,6-7,10,17H,4-5,13H2,1H3,(H2,14,15). The molecule has 0 aliphatic carbocycles. The monoisotopic (exact) mass is 256 g/mol. The van der Waals surface area contributed by atoms with E-state index in [2.05, 4.69) is 4.98 Å². The lowest BCUT2D eigenvalue weighted by atomic mass is 9.92. The van der Waals surface area contributed by atoms with Crippen molar-refractivity contribution in [1.29, 1.82) is 0 Å². The highest BCUT2D eigenvalue weighted by Crippen LogP contribution is 2.32. The molecule has 0 radical (unpaired) electrons. The minimum absolute atomic E-state index is 0.101. The van der Waals surface area contributed by atoms with Crippen LogP contribution in [-0.2, 0) is 0 Å². The fraction of sp³-hybridized carbons (Fsp3) is 0.545. The molecule has 1 aliphatic rings. The van der Waals surface area contributed by atoms with Crippen molar-refractivity contribution < 1.29 is 5.11 Å². The van der Waals surface area contributed by atoms with Crippen LogP contribution in [-0.4, -0.2) is 35.3 Å². The lowest BCUT2D eigenvalue weighted by Crippen LogP contribution is -2.55. The van der Waals surface area contributed by atoms with E-state index in [9.17, 15) is 5.11 Å². The maximum atomic E-state index is 9.81. The first kappa shape index (κ1) is 12.4. The van der Waals surface area contributed by atoms with E-state index in [-0.39, 0.29) is 12.0 Å². The molecule has 5 nitrogen and oxygen atoms in total. The first-order valence-electron chi connectivity index (χ1n) is 5.59. The predicted molar refractivity (Wildman–Crippen MR) is 69.0 cm³/mol. The number of piperidine rings is 1. The van der Waals surface area contributed by atoms with E-state index in [0.717, 1.165) is 5.69 Å². The Morgan fingerprint density at radius 2 is 2.24 bits per heavy atom. The Morgan fingerprint density at radius 3 is 2.88 bits per heavy atom. The first-order chi connectivity index (χ1) is 8.00. The normalized spacial score (nSPS) is 29.4. The summed E-state index contributed by atoms with van der Waals surface area (Å²) in [6.45, 7) is 3.24. The second-order valence-corrected chi connectivity index (χ2v) is 4.94. The van der Waals surface area contributed by atoms with Gasteiger partial charge in [0, 0.05) is 31.2 Å². The molecule has 1 fully saturated rings. The summed E-state index contributed by atoms with van der Waals surface area (Å²) in [5, 5.41) is 10.3. The van der Waals surface area contributed by atoms with Gasteiger partial charge in [0.1, 0.15) is 10.8 Å². The number of aliphatic hydroxyl groups excluding tert-OH is 1. The Hall–Kier alpha value is -1.04. The lowest BCUT2D eigenvalue weighted by molar-refractivity contribution is 0.0785. The van der Waals surface area contributed by atoms with Gasteiger partial charge in [-0.25, -0.2) is 4.98 Å². The van der Waals surface area contributed by atoms with Crippen molar-refractivity contribution in [3.8, 4) is 0 Å². The molecule has 0 saturated carbocycles. The average Bonchev–Trinajstić information content (AvgIpc) is 2.29. The topological polar surface area (TPSA) is 88.4 Å². The zero-order valence-corrected chi connectivity index (χ0v) is 10.4. The number of anilines is 2. The molecule has 17 heavy (non-hydrogen) atoms. The third kappa shape index (κ3) is 2.31. The molecule has 0 aromatic carbocycles. The number of hydrogen-bond acceptors (Lipinski definition) is 5. The lowest BCUT2D eigenvalue weighted by Gasteiger charge is -2.40. The molecule has 0 bridgehead atoms. The molecule has 1 aromatic rings. The highest BCUT2D eigenvalue weighted by molar-refractivity contribution is 6.35. The molecule has 5 N–H and O–H groups in total. The van der Waals surface area contributed by atoms with E-state index >= 15 is 0 Å². The quantitative estimate of drug-likeness (QED) is 0.680. The van der Waals surface area contributed by atoms with Crippen molar-refractivity contribution in [2.45, 2.75) is 19.1 Å². The highest BCUT2D eigenvalue weighted by Gasteiger charge is 2.31. The Labute approximate surface area is 105 Å². The van der Waals surface area contributed by atoms with Crippen molar-refractivity contribution in [2.75, 3.05) is 23.7 Å². The first-order valence-corrected chi connectivity index (χ1v) is 5.97. The summed E-state index contributed by atoms with van der Waals surface area (Å²) in [4.78, 5) is 5.97. The van der Waals surface area contributed by atoms with Crippen molar-refractivity contribution in [3.05, 3.63) is 17.3 Å². The Balaban J connectivity index is 2.26. The summed E-state index contributed by atoms with van der Waals surface area (Å²) in [5.41, 5.74) is 12.4. The number of pyridine rings is 1. The molecule has 1 aliphatic heterocycles.